The van der Waals surface area contributed by atoms with Gasteiger partial charge in [0.15, 0.2) is 0 Å². The molecule has 0 bridgehead atoms. The predicted octanol–water partition coefficient (Wildman–Crippen LogP) is 2.70. The van der Waals surface area contributed by atoms with Gasteiger partial charge in [0.2, 0.25) is 0 Å². The Morgan fingerprint density at radius 1 is 1.29 bits per heavy atom. The molecule has 1 atom stereocenters. The predicted molar refractivity (Wildman–Crippen MR) is 61.1 cm³/mol. The van der Waals surface area contributed by atoms with Crippen LogP contribution in [-0.2, 0) is 0 Å². The van der Waals surface area contributed by atoms with Crippen molar-refractivity contribution in [1.29, 1.82) is 0 Å². The van der Waals surface area contributed by atoms with Crippen LogP contribution in [0.4, 0.5) is 0 Å². The van der Waals surface area contributed by atoms with Crippen LogP contribution in [0, 0.1) is 5.92 Å². The van der Waals surface area contributed by atoms with Gasteiger partial charge in [-0.05, 0) is 37.4 Å². The fourth-order valence-electron chi connectivity index (χ4n) is 1.88. The third kappa shape index (κ3) is 2.71. The molecule has 0 aromatic heterocycles. The Bertz CT molecular complexity index is 283. The molecule has 1 N–H and O–H groups in total. The van der Waals surface area contributed by atoms with Crippen LogP contribution in [0.2, 0.25) is 0 Å². The summed E-state index contributed by atoms with van der Waals surface area (Å²) in [5, 5.41) is 3.39. The molecule has 0 spiro atoms. The van der Waals surface area contributed by atoms with Crippen LogP contribution in [0.25, 0.3) is 6.08 Å². The molecule has 1 saturated heterocycles. The van der Waals surface area contributed by atoms with Crippen molar-refractivity contribution in [2.45, 2.75) is 12.8 Å². The summed E-state index contributed by atoms with van der Waals surface area (Å²) in [5.74, 6) is 0.856. The number of allylic oxidation sites excluding steroid dienone is 1. The largest absolute Gasteiger partial charge is 0.316 e. The molecule has 0 saturated carbocycles. The van der Waals surface area contributed by atoms with Crippen molar-refractivity contribution in [2.75, 3.05) is 13.1 Å². The summed E-state index contributed by atoms with van der Waals surface area (Å²) >= 11 is 0. The quantitative estimate of drug-likeness (QED) is 0.767. The number of hydrogen-bond donors (Lipinski definition) is 1. The molecule has 14 heavy (non-hydrogen) atoms. The lowest BCUT2D eigenvalue weighted by atomic mass is 10.0. The summed E-state index contributed by atoms with van der Waals surface area (Å²) in [5.41, 5.74) is 1.30. The van der Waals surface area contributed by atoms with Crippen LogP contribution in [0.15, 0.2) is 36.4 Å². The van der Waals surface area contributed by atoms with E-state index in [1.54, 1.807) is 0 Å². The molecule has 1 nitrogen and oxygen atoms in total. The highest BCUT2D eigenvalue weighted by atomic mass is 14.9. The molecule has 1 aliphatic heterocycles. The van der Waals surface area contributed by atoms with E-state index in [2.05, 4.69) is 47.8 Å². The van der Waals surface area contributed by atoms with E-state index in [9.17, 15) is 0 Å². The Hall–Kier alpha value is -1.08. The van der Waals surface area contributed by atoms with Gasteiger partial charge in [-0.3, -0.25) is 0 Å². The fourth-order valence-corrected chi connectivity index (χ4v) is 1.88. The molecular formula is C13H17N. The number of rotatable bonds is 3. The maximum absolute atomic E-state index is 3.39. The van der Waals surface area contributed by atoms with Gasteiger partial charge in [-0.15, -0.1) is 0 Å². The zero-order chi connectivity index (χ0) is 9.64. The number of hydrogen-bond acceptors (Lipinski definition) is 1. The fraction of sp³-hybridized carbons (Fsp3) is 0.385. The van der Waals surface area contributed by atoms with E-state index >= 15 is 0 Å². The molecule has 1 unspecified atom stereocenters. The van der Waals surface area contributed by atoms with E-state index in [4.69, 9.17) is 0 Å². The Morgan fingerprint density at radius 3 is 2.86 bits per heavy atom. The van der Waals surface area contributed by atoms with Gasteiger partial charge in [-0.1, -0.05) is 42.5 Å². The van der Waals surface area contributed by atoms with E-state index in [1.807, 2.05) is 0 Å². The van der Waals surface area contributed by atoms with Gasteiger partial charge < -0.3 is 5.32 Å². The van der Waals surface area contributed by atoms with Crippen molar-refractivity contribution in [2.24, 2.45) is 5.92 Å². The molecule has 74 valence electrons. The molecule has 1 aliphatic rings. The monoisotopic (exact) mass is 187 g/mol. The summed E-state index contributed by atoms with van der Waals surface area (Å²) in [6, 6.07) is 10.5. The van der Waals surface area contributed by atoms with Gasteiger partial charge in [-0.2, -0.15) is 0 Å². The van der Waals surface area contributed by atoms with Crippen LogP contribution in [0.1, 0.15) is 18.4 Å². The van der Waals surface area contributed by atoms with E-state index in [0.29, 0.717) is 0 Å². The van der Waals surface area contributed by atoms with Gasteiger partial charge >= 0.3 is 0 Å². The van der Waals surface area contributed by atoms with Crippen molar-refractivity contribution in [3.63, 3.8) is 0 Å². The highest BCUT2D eigenvalue weighted by molar-refractivity contribution is 5.48. The van der Waals surface area contributed by atoms with Gasteiger partial charge in [0.1, 0.15) is 0 Å². The Morgan fingerprint density at radius 2 is 2.14 bits per heavy atom. The second kappa shape index (κ2) is 4.97. The van der Waals surface area contributed by atoms with Crippen LogP contribution >= 0.6 is 0 Å². The zero-order valence-electron chi connectivity index (χ0n) is 8.45. The molecule has 1 heteroatoms. The van der Waals surface area contributed by atoms with Gasteiger partial charge in [-0.25, -0.2) is 0 Å². The van der Waals surface area contributed by atoms with Gasteiger partial charge in [0, 0.05) is 0 Å². The number of nitrogens with one attached hydrogen (secondary N) is 1. The first-order valence-corrected chi connectivity index (χ1v) is 5.37. The van der Waals surface area contributed by atoms with Crippen molar-refractivity contribution >= 4 is 6.08 Å². The van der Waals surface area contributed by atoms with Crippen LogP contribution in [0.3, 0.4) is 0 Å². The van der Waals surface area contributed by atoms with Crippen LogP contribution < -0.4 is 5.32 Å². The molecule has 1 heterocycles. The first kappa shape index (κ1) is 9.47. The Balaban J connectivity index is 1.82. The van der Waals surface area contributed by atoms with E-state index in [0.717, 1.165) is 5.92 Å². The lowest BCUT2D eigenvalue weighted by Crippen LogP contribution is -2.08. The molecule has 1 aromatic rings. The smallest absolute Gasteiger partial charge is 0.00171 e. The van der Waals surface area contributed by atoms with Crippen molar-refractivity contribution in [3.05, 3.63) is 42.0 Å². The second-order valence-corrected chi connectivity index (χ2v) is 3.91. The number of benzene rings is 1. The normalized spacial score (nSPS) is 21.9. The third-order valence-corrected chi connectivity index (χ3v) is 2.74. The van der Waals surface area contributed by atoms with Crippen LogP contribution in [-0.4, -0.2) is 13.1 Å². The molecule has 0 radical (unpaired) electrons. The molecule has 1 fully saturated rings. The summed E-state index contributed by atoms with van der Waals surface area (Å²) in [7, 11) is 0. The van der Waals surface area contributed by atoms with E-state index in [1.165, 1.54) is 31.5 Å². The zero-order valence-corrected chi connectivity index (χ0v) is 8.45. The average molecular weight is 187 g/mol. The lowest BCUT2D eigenvalue weighted by molar-refractivity contribution is 0.594. The minimum atomic E-state index is 0.856. The average Bonchev–Trinajstić information content (AvgIpc) is 2.72. The first-order chi connectivity index (χ1) is 6.95. The topological polar surface area (TPSA) is 12.0 Å². The van der Waals surface area contributed by atoms with Gasteiger partial charge in [0.25, 0.3) is 0 Å². The standard InChI is InChI=1S/C13H17N/c1-2-5-12(6-3-1)7-4-8-13-9-10-14-11-13/h1-7,13-14H,8-11H2/b7-4+. The van der Waals surface area contributed by atoms with Crippen LogP contribution in [0.5, 0.6) is 0 Å². The summed E-state index contributed by atoms with van der Waals surface area (Å²) in [4.78, 5) is 0. The highest BCUT2D eigenvalue weighted by Gasteiger charge is 2.11. The van der Waals surface area contributed by atoms with Crippen molar-refractivity contribution in [1.82, 2.24) is 5.32 Å². The minimum absolute atomic E-state index is 0.856. The molecule has 1 aromatic carbocycles. The van der Waals surface area contributed by atoms with E-state index < -0.39 is 0 Å². The highest BCUT2D eigenvalue weighted by Crippen LogP contribution is 2.13. The summed E-state index contributed by atoms with van der Waals surface area (Å²) < 4.78 is 0. The Kier molecular flexibility index (Phi) is 3.36. The van der Waals surface area contributed by atoms with Gasteiger partial charge in [0.05, 0.1) is 0 Å². The van der Waals surface area contributed by atoms with Crippen molar-refractivity contribution in [3.8, 4) is 0 Å². The summed E-state index contributed by atoms with van der Waals surface area (Å²) in [6.07, 6.45) is 7.06. The third-order valence-electron chi connectivity index (χ3n) is 2.74. The Labute approximate surface area is 85.8 Å². The van der Waals surface area contributed by atoms with Crippen molar-refractivity contribution < 1.29 is 0 Å². The van der Waals surface area contributed by atoms with E-state index in [-0.39, 0.29) is 0 Å². The minimum Gasteiger partial charge on any atom is -0.316 e. The second-order valence-electron chi connectivity index (χ2n) is 3.91. The lowest BCUT2D eigenvalue weighted by Gasteiger charge is -2.02. The maximum atomic E-state index is 3.39. The molecular weight excluding hydrogens is 170 g/mol. The summed E-state index contributed by atoms with van der Waals surface area (Å²) in [6.45, 7) is 2.39. The molecule has 0 aliphatic carbocycles. The maximum Gasteiger partial charge on any atom is -0.00171 e. The SMILES string of the molecule is C(=C\c1ccccc1)/CC1CCNC1. The first-order valence-electron chi connectivity index (χ1n) is 5.37. The molecule has 0 amide bonds. The molecule has 2 rings (SSSR count).